The number of methoxy groups -OCH3 is 1. The zero-order valence-corrected chi connectivity index (χ0v) is 8.32. The summed E-state index contributed by atoms with van der Waals surface area (Å²) >= 11 is 0. The molecule has 1 N–H and O–H groups in total. The number of hydrogen-bond acceptors (Lipinski definition) is 3. The number of nitrogens with one attached hydrogen (secondary N) is 1. The monoisotopic (exact) mass is 205 g/mol. The van der Waals surface area contributed by atoms with Gasteiger partial charge in [-0.1, -0.05) is 6.07 Å². The molecule has 2 aromatic rings. The van der Waals surface area contributed by atoms with Crippen molar-refractivity contribution in [1.82, 2.24) is 4.98 Å². The van der Waals surface area contributed by atoms with Gasteiger partial charge >= 0.3 is 5.97 Å². The first-order chi connectivity index (χ1) is 7.31. The van der Waals surface area contributed by atoms with E-state index in [0.29, 0.717) is 5.56 Å². The van der Waals surface area contributed by atoms with Crippen molar-refractivity contribution >= 4 is 16.9 Å². The van der Waals surface area contributed by atoms with Crippen molar-refractivity contribution in [2.75, 3.05) is 13.9 Å². The van der Waals surface area contributed by atoms with Gasteiger partial charge in [0.1, 0.15) is 0 Å². The van der Waals surface area contributed by atoms with Crippen molar-refractivity contribution in [2.45, 2.75) is 0 Å². The smallest absolute Gasteiger partial charge is 0.340 e. The maximum Gasteiger partial charge on any atom is 0.340 e. The zero-order valence-electron chi connectivity index (χ0n) is 8.32. The highest BCUT2D eigenvalue weighted by Gasteiger charge is 2.07. The average Bonchev–Trinajstić information content (AvgIpc) is 2.72. The van der Waals surface area contributed by atoms with E-state index in [4.69, 9.17) is 4.74 Å². The molecule has 1 aromatic carbocycles. The van der Waals surface area contributed by atoms with Crippen molar-refractivity contribution in [3.8, 4) is 0 Å². The summed E-state index contributed by atoms with van der Waals surface area (Å²) < 4.78 is 9.48. The molecule has 78 valence electrons. The van der Waals surface area contributed by atoms with Gasteiger partial charge in [-0.05, 0) is 23.6 Å². The molecule has 4 heteroatoms. The number of aromatic amines is 1. The standard InChI is InChI=1S/C11H11NO3/c1-14-7-15-11(13)9-3-2-8-4-5-12-10(8)6-9/h2-6,12H,7H2,1H3. The van der Waals surface area contributed by atoms with Crippen molar-refractivity contribution in [2.24, 2.45) is 0 Å². The van der Waals surface area contributed by atoms with Crippen LogP contribution in [0.3, 0.4) is 0 Å². The van der Waals surface area contributed by atoms with Crippen molar-refractivity contribution in [1.29, 1.82) is 0 Å². The Morgan fingerprint density at radius 2 is 2.27 bits per heavy atom. The Bertz CT molecular complexity index is 475. The maximum absolute atomic E-state index is 11.5. The molecule has 0 spiro atoms. The molecule has 0 amide bonds. The zero-order chi connectivity index (χ0) is 10.7. The number of carbonyl (C=O) groups is 1. The van der Waals surface area contributed by atoms with Gasteiger partial charge < -0.3 is 14.5 Å². The van der Waals surface area contributed by atoms with E-state index in [0.717, 1.165) is 10.9 Å². The summed E-state index contributed by atoms with van der Waals surface area (Å²) in [5.74, 6) is -0.381. The quantitative estimate of drug-likeness (QED) is 0.615. The molecule has 15 heavy (non-hydrogen) atoms. The number of H-pyrrole nitrogens is 1. The molecule has 0 bridgehead atoms. The summed E-state index contributed by atoms with van der Waals surface area (Å²) in [6.07, 6.45) is 1.83. The second-order valence-corrected chi connectivity index (χ2v) is 3.12. The van der Waals surface area contributed by atoms with E-state index in [1.165, 1.54) is 7.11 Å². The molecule has 0 aliphatic heterocycles. The van der Waals surface area contributed by atoms with Crippen LogP contribution in [0, 0.1) is 0 Å². The van der Waals surface area contributed by atoms with Crippen LogP contribution in [-0.4, -0.2) is 24.9 Å². The summed E-state index contributed by atoms with van der Waals surface area (Å²) in [5.41, 5.74) is 1.43. The third-order valence-corrected chi connectivity index (χ3v) is 2.10. The van der Waals surface area contributed by atoms with Crippen molar-refractivity contribution in [3.63, 3.8) is 0 Å². The van der Waals surface area contributed by atoms with Gasteiger partial charge in [0.25, 0.3) is 0 Å². The minimum atomic E-state index is -0.381. The molecular weight excluding hydrogens is 194 g/mol. The number of carbonyl (C=O) groups excluding carboxylic acids is 1. The summed E-state index contributed by atoms with van der Waals surface area (Å²) in [5, 5.41) is 1.07. The van der Waals surface area contributed by atoms with Crippen LogP contribution in [0.1, 0.15) is 10.4 Å². The van der Waals surface area contributed by atoms with Gasteiger partial charge in [0.15, 0.2) is 6.79 Å². The Kier molecular flexibility index (Phi) is 2.69. The summed E-state index contributed by atoms with van der Waals surface area (Å²) in [6.45, 7) is -0.0262. The molecule has 0 aliphatic carbocycles. The second-order valence-electron chi connectivity index (χ2n) is 3.12. The molecule has 0 aliphatic rings. The molecule has 1 aromatic heterocycles. The number of fused-ring (bicyclic) bond motifs is 1. The van der Waals surface area contributed by atoms with Crippen LogP contribution in [-0.2, 0) is 9.47 Å². The topological polar surface area (TPSA) is 51.3 Å². The third kappa shape index (κ3) is 1.99. The van der Waals surface area contributed by atoms with Crippen molar-refractivity contribution in [3.05, 3.63) is 36.0 Å². The summed E-state index contributed by atoms with van der Waals surface area (Å²) in [4.78, 5) is 14.5. The van der Waals surface area contributed by atoms with Gasteiger partial charge in [0, 0.05) is 18.8 Å². The first-order valence-electron chi connectivity index (χ1n) is 4.54. The highest BCUT2D eigenvalue weighted by atomic mass is 16.7. The molecule has 0 saturated carbocycles. The maximum atomic E-state index is 11.5. The third-order valence-electron chi connectivity index (χ3n) is 2.10. The Balaban J connectivity index is 2.23. The number of esters is 1. The Morgan fingerprint density at radius 3 is 3.07 bits per heavy atom. The minimum absolute atomic E-state index is 0.0262. The van der Waals surface area contributed by atoms with Gasteiger partial charge in [0.2, 0.25) is 0 Å². The van der Waals surface area contributed by atoms with Gasteiger partial charge in [-0.2, -0.15) is 0 Å². The first kappa shape index (κ1) is 9.73. The number of benzene rings is 1. The van der Waals surface area contributed by atoms with Gasteiger partial charge in [-0.3, -0.25) is 0 Å². The fraction of sp³-hybridized carbons (Fsp3) is 0.182. The van der Waals surface area contributed by atoms with Crippen LogP contribution in [0.4, 0.5) is 0 Å². The molecule has 2 rings (SSSR count). The van der Waals surface area contributed by atoms with E-state index >= 15 is 0 Å². The molecular formula is C11H11NO3. The van der Waals surface area contributed by atoms with Crippen LogP contribution in [0.2, 0.25) is 0 Å². The molecule has 1 heterocycles. The van der Waals surface area contributed by atoms with Crippen LogP contribution < -0.4 is 0 Å². The molecule has 0 atom stereocenters. The fourth-order valence-corrected chi connectivity index (χ4v) is 1.37. The number of hydrogen-bond donors (Lipinski definition) is 1. The highest BCUT2D eigenvalue weighted by molar-refractivity contribution is 5.94. The number of aromatic nitrogens is 1. The normalized spacial score (nSPS) is 10.5. The van der Waals surface area contributed by atoms with E-state index in [1.54, 1.807) is 12.1 Å². The second kappa shape index (κ2) is 4.14. The number of rotatable bonds is 3. The molecule has 0 radical (unpaired) electrons. The summed E-state index contributed by atoms with van der Waals surface area (Å²) in [6, 6.07) is 7.30. The van der Waals surface area contributed by atoms with Gasteiger partial charge in [-0.15, -0.1) is 0 Å². The lowest BCUT2D eigenvalue weighted by molar-refractivity contribution is -0.0124. The average molecular weight is 205 g/mol. The molecule has 0 fully saturated rings. The number of ether oxygens (including phenoxy) is 2. The SMILES string of the molecule is COCOC(=O)c1ccc2cc[nH]c2c1. The highest BCUT2D eigenvalue weighted by Crippen LogP contribution is 2.14. The van der Waals surface area contributed by atoms with Gasteiger partial charge in [-0.25, -0.2) is 4.79 Å². The van der Waals surface area contributed by atoms with Crippen molar-refractivity contribution < 1.29 is 14.3 Å². The summed E-state index contributed by atoms with van der Waals surface area (Å²) in [7, 11) is 1.47. The minimum Gasteiger partial charge on any atom is -0.435 e. The van der Waals surface area contributed by atoms with Crippen LogP contribution >= 0.6 is 0 Å². The Morgan fingerprint density at radius 1 is 1.40 bits per heavy atom. The van der Waals surface area contributed by atoms with E-state index in [-0.39, 0.29) is 12.8 Å². The van der Waals surface area contributed by atoms with Crippen LogP contribution in [0.25, 0.3) is 10.9 Å². The van der Waals surface area contributed by atoms with E-state index in [2.05, 4.69) is 9.72 Å². The van der Waals surface area contributed by atoms with E-state index in [9.17, 15) is 4.79 Å². The Labute approximate surface area is 86.8 Å². The molecule has 0 unspecified atom stereocenters. The van der Waals surface area contributed by atoms with Gasteiger partial charge in [0.05, 0.1) is 5.56 Å². The Hall–Kier alpha value is -1.81. The first-order valence-corrected chi connectivity index (χ1v) is 4.54. The van der Waals surface area contributed by atoms with Crippen LogP contribution in [0.15, 0.2) is 30.5 Å². The fourth-order valence-electron chi connectivity index (χ4n) is 1.37. The lowest BCUT2D eigenvalue weighted by Crippen LogP contribution is -2.07. The molecule has 0 saturated heterocycles. The predicted octanol–water partition coefficient (Wildman–Crippen LogP) is 1.93. The largest absolute Gasteiger partial charge is 0.435 e. The molecule has 4 nitrogen and oxygen atoms in total. The lowest BCUT2D eigenvalue weighted by atomic mass is 10.2. The lowest BCUT2D eigenvalue weighted by Gasteiger charge is -2.02. The van der Waals surface area contributed by atoms with Crippen LogP contribution in [0.5, 0.6) is 0 Å². The van der Waals surface area contributed by atoms with E-state index in [1.807, 2.05) is 18.3 Å². The van der Waals surface area contributed by atoms with E-state index < -0.39 is 0 Å². The predicted molar refractivity (Wildman–Crippen MR) is 55.6 cm³/mol.